The molecular formula is C15H28N2O3S. The molecule has 1 aliphatic heterocycles. The molecule has 0 aromatic carbocycles. The number of sulfone groups is 1. The molecular weight excluding hydrogens is 288 g/mol. The van der Waals surface area contributed by atoms with E-state index in [-0.39, 0.29) is 5.91 Å². The minimum atomic E-state index is -3.29. The number of carbonyl (C=O) groups is 1. The molecule has 1 saturated carbocycles. The summed E-state index contributed by atoms with van der Waals surface area (Å²) in [5.41, 5.74) is 0. The van der Waals surface area contributed by atoms with E-state index in [0.29, 0.717) is 13.1 Å². The lowest BCUT2D eigenvalue weighted by molar-refractivity contribution is -0.132. The average molecular weight is 316 g/mol. The van der Waals surface area contributed by atoms with Gasteiger partial charge in [-0.3, -0.25) is 9.69 Å². The number of rotatable bonds is 4. The first-order valence-electron chi connectivity index (χ1n) is 8.08. The Morgan fingerprint density at radius 2 is 1.67 bits per heavy atom. The molecule has 1 amide bonds. The fourth-order valence-corrected chi connectivity index (χ4v) is 3.84. The summed E-state index contributed by atoms with van der Waals surface area (Å²) < 4.78 is 23.0. The predicted molar refractivity (Wildman–Crippen MR) is 83.9 cm³/mol. The molecule has 1 aliphatic carbocycles. The van der Waals surface area contributed by atoms with E-state index in [1.807, 2.05) is 0 Å². The highest BCUT2D eigenvalue weighted by Gasteiger charge is 2.30. The van der Waals surface area contributed by atoms with Gasteiger partial charge in [0.15, 0.2) is 9.84 Å². The molecule has 2 aliphatic rings. The smallest absolute Gasteiger partial charge is 0.240 e. The predicted octanol–water partition coefficient (Wildman–Crippen LogP) is 1.14. The van der Waals surface area contributed by atoms with Crippen molar-refractivity contribution in [3.63, 3.8) is 0 Å². The molecule has 1 atom stereocenters. The van der Waals surface area contributed by atoms with Crippen molar-refractivity contribution in [1.29, 1.82) is 0 Å². The van der Waals surface area contributed by atoms with Gasteiger partial charge in [0.05, 0.1) is 0 Å². The monoisotopic (exact) mass is 316 g/mol. The molecule has 5 nitrogen and oxygen atoms in total. The second-order valence-electron chi connectivity index (χ2n) is 6.60. The van der Waals surface area contributed by atoms with Crippen LogP contribution in [0.4, 0.5) is 0 Å². The number of carbonyl (C=O) groups excluding carboxylic acids is 1. The van der Waals surface area contributed by atoms with E-state index in [0.717, 1.165) is 31.8 Å². The van der Waals surface area contributed by atoms with E-state index in [4.69, 9.17) is 0 Å². The first-order valence-corrected chi connectivity index (χ1v) is 10.0. The third-order valence-electron chi connectivity index (χ3n) is 4.92. The third-order valence-corrected chi connectivity index (χ3v) is 6.40. The average Bonchev–Trinajstić information content (AvgIpc) is 2.46. The number of hydrogen-bond donors (Lipinski definition) is 0. The van der Waals surface area contributed by atoms with E-state index in [1.54, 1.807) is 4.90 Å². The van der Waals surface area contributed by atoms with Gasteiger partial charge in [-0.1, -0.05) is 19.3 Å². The molecule has 0 spiro atoms. The Morgan fingerprint density at radius 1 is 1.10 bits per heavy atom. The highest BCUT2D eigenvalue weighted by atomic mass is 32.2. The summed E-state index contributed by atoms with van der Waals surface area (Å²) in [5, 5.41) is -0.914. The lowest BCUT2D eigenvalue weighted by Gasteiger charge is -2.37. The van der Waals surface area contributed by atoms with Gasteiger partial charge in [-0.2, -0.15) is 0 Å². The number of amides is 1. The second kappa shape index (κ2) is 7.09. The zero-order chi connectivity index (χ0) is 15.5. The Hall–Kier alpha value is -0.620. The summed E-state index contributed by atoms with van der Waals surface area (Å²) in [6.45, 7) is 5.70. The Bertz CT molecular complexity index is 450. The van der Waals surface area contributed by atoms with Gasteiger partial charge in [-0.15, -0.1) is 0 Å². The summed E-state index contributed by atoms with van der Waals surface area (Å²) in [5.74, 6) is 0.575. The molecule has 0 radical (unpaired) electrons. The van der Waals surface area contributed by atoms with Gasteiger partial charge in [-0.05, 0) is 25.7 Å². The zero-order valence-electron chi connectivity index (χ0n) is 13.3. The molecule has 0 N–H and O–H groups in total. The van der Waals surface area contributed by atoms with Gasteiger partial charge in [0.2, 0.25) is 5.91 Å². The van der Waals surface area contributed by atoms with Crippen molar-refractivity contribution in [1.82, 2.24) is 9.80 Å². The second-order valence-corrected chi connectivity index (χ2v) is 8.97. The number of hydrogen-bond acceptors (Lipinski definition) is 4. The highest BCUT2D eigenvalue weighted by Crippen LogP contribution is 2.24. The summed E-state index contributed by atoms with van der Waals surface area (Å²) in [7, 11) is -3.29. The first kappa shape index (κ1) is 16.7. The van der Waals surface area contributed by atoms with Crippen LogP contribution in [-0.4, -0.2) is 68.4 Å². The maximum Gasteiger partial charge on any atom is 0.240 e. The molecule has 0 aromatic heterocycles. The molecule has 1 unspecified atom stereocenters. The van der Waals surface area contributed by atoms with Crippen LogP contribution in [0.1, 0.15) is 39.0 Å². The van der Waals surface area contributed by atoms with E-state index in [1.165, 1.54) is 39.0 Å². The number of nitrogens with zero attached hydrogens (tertiary/aromatic N) is 2. The highest BCUT2D eigenvalue weighted by molar-refractivity contribution is 7.92. The van der Waals surface area contributed by atoms with Gasteiger partial charge in [0, 0.05) is 39.0 Å². The minimum absolute atomic E-state index is 0.241. The Kier molecular flexibility index (Phi) is 5.66. The summed E-state index contributed by atoms with van der Waals surface area (Å²) in [6.07, 6.45) is 7.90. The zero-order valence-corrected chi connectivity index (χ0v) is 14.1. The molecule has 2 fully saturated rings. The van der Waals surface area contributed by atoms with Crippen LogP contribution < -0.4 is 0 Å². The van der Waals surface area contributed by atoms with Gasteiger partial charge in [0.25, 0.3) is 0 Å². The Labute approximate surface area is 128 Å². The minimum Gasteiger partial charge on any atom is -0.339 e. The lowest BCUT2D eigenvalue weighted by atomic mass is 9.89. The lowest BCUT2D eigenvalue weighted by Crippen LogP contribution is -2.52. The topological polar surface area (TPSA) is 57.7 Å². The molecule has 1 saturated heterocycles. The van der Waals surface area contributed by atoms with Crippen LogP contribution in [0.2, 0.25) is 0 Å². The van der Waals surface area contributed by atoms with Crippen molar-refractivity contribution in [2.45, 2.75) is 44.3 Å². The Balaban J connectivity index is 1.78. The van der Waals surface area contributed by atoms with Crippen molar-refractivity contribution in [2.24, 2.45) is 5.92 Å². The van der Waals surface area contributed by atoms with E-state index in [2.05, 4.69) is 4.90 Å². The van der Waals surface area contributed by atoms with Crippen molar-refractivity contribution in [2.75, 3.05) is 39.0 Å². The van der Waals surface area contributed by atoms with Gasteiger partial charge in [-0.25, -0.2) is 8.42 Å². The molecule has 0 aromatic rings. The maximum absolute atomic E-state index is 12.2. The van der Waals surface area contributed by atoms with Crippen molar-refractivity contribution >= 4 is 15.7 Å². The first-order chi connectivity index (χ1) is 9.88. The van der Waals surface area contributed by atoms with Crippen LogP contribution in [0, 0.1) is 5.92 Å². The largest absolute Gasteiger partial charge is 0.339 e. The summed E-state index contributed by atoms with van der Waals surface area (Å²) in [4.78, 5) is 16.3. The number of piperazine rings is 1. The summed E-state index contributed by atoms with van der Waals surface area (Å²) in [6, 6.07) is 0. The normalized spacial score (nSPS) is 24.0. The molecule has 6 heteroatoms. The van der Waals surface area contributed by atoms with E-state index < -0.39 is 15.1 Å². The van der Waals surface area contributed by atoms with Crippen LogP contribution in [0.3, 0.4) is 0 Å². The van der Waals surface area contributed by atoms with Gasteiger partial charge in [0.1, 0.15) is 5.25 Å². The molecule has 0 bridgehead atoms. The van der Waals surface area contributed by atoms with Crippen LogP contribution in [0.15, 0.2) is 0 Å². The Morgan fingerprint density at radius 3 is 2.19 bits per heavy atom. The van der Waals surface area contributed by atoms with Crippen molar-refractivity contribution in [3.8, 4) is 0 Å². The molecule has 21 heavy (non-hydrogen) atoms. The molecule has 122 valence electrons. The van der Waals surface area contributed by atoms with Crippen LogP contribution in [-0.2, 0) is 14.6 Å². The molecule has 1 heterocycles. The van der Waals surface area contributed by atoms with Gasteiger partial charge >= 0.3 is 0 Å². The fourth-order valence-electron chi connectivity index (χ4n) is 3.33. The molecule has 2 rings (SSSR count). The van der Waals surface area contributed by atoms with Crippen LogP contribution >= 0.6 is 0 Å². The van der Waals surface area contributed by atoms with Gasteiger partial charge < -0.3 is 4.90 Å². The van der Waals surface area contributed by atoms with Crippen LogP contribution in [0.25, 0.3) is 0 Å². The quantitative estimate of drug-likeness (QED) is 0.780. The van der Waals surface area contributed by atoms with E-state index >= 15 is 0 Å². The SMILES string of the molecule is CC(C(=O)N1CCN(CC2CCCCC2)CC1)S(C)(=O)=O. The third kappa shape index (κ3) is 4.68. The maximum atomic E-state index is 12.2. The fraction of sp³-hybridized carbons (Fsp3) is 0.933. The standard InChI is InChI=1S/C15H28N2O3S/c1-13(21(2,19)20)15(18)17-10-8-16(9-11-17)12-14-6-4-3-5-7-14/h13-14H,3-12H2,1-2H3. The van der Waals surface area contributed by atoms with Crippen LogP contribution in [0.5, 0.6) is 0 Å². The summed E-state index contributed by atoms with van der Waals surface area (Å²) >= 11 is 0. The van der Waals surface area contributed by atoms with Crippen molar-refractivity contribution < 1.29 is 13.2 Å². The van der Waals surface area contributed by atoms with Crippen molar-refractivity contribution in [3.05, 3.63) is 0 Å². The van der Waals surface area contributed by atoms with E-state index in [9.17, 15) is 13.2 Å².